The Kier molecular flexibility index (Phi) is 51.5. The fourth-order valence-corrected chi connectivity index (χ4v) is 8.85. The van der Waals surface area contributed by atoms with Crippen LogP contribution in [-0.2, 0) is 14.3 Å². The summed E-state index contributed by atoms with van der Waals surface area (Å²) in [5.74, 6) is -0.479. The lowest BCUT2D eigenvalue weighted by atomic mass is 10.0. The van der Waals surface area contributed by atoms with Crippen LogP contribution in [0.3, 0.4) is 0 Å². The molecule has 0 saturated heterocycles. The monoisotopic (exact) mass is 914 g/mol. The van der Waals surface area contributed by atoms with Gasteiger partial charge in [-0.2, -0.15) is 0 Å². The van der Waals surface area contributed by atoms with Crippen LogP contribution in [0, 0.1) is 0 Å². The number of allylic oxidation sites excluding steroid dienone is 6. The van der Waals surface area contributed by atoms with E-state index in [-0.39, 0.29) is 24.9 Å². The molecule has 0 bridgehead atoms. The molecule has 0 fully saturated rings. The van der Waals surface area contributed by atoms with E-state index in [2.05, 4.69) is 62.5 Å². The van der Waals surface area contributed by atoms with Gasteiger partial charge in [-0.1, -0.05) is 263 Å². The smallest absolute Gasteiger partial charge is 0.306 e. The lowest BCUT2D eigenvalue weighted by molar-refractivity contribution is -0.151. The molecule has 65 heavy (non-hydrogen) atoms. The van der Waals surface area contributed by atoms with Gasteiger partial charge in [0, 0.05) is 6.42 Å². The minimum atomic E-state index is -0.792. The average Bonchev–Trinajstić information content (AvgIpc) is 3.30. The highest BCUT2D eigenvalue weighted by Crippen LogP contribution is 2.18. The molecule has 6 nitrogen and oxygen atoms in total. The van der Waals surface area contributed by atoms with Gasteiger partial charge in [-0.05, 0) is 64.2 Å². The minimum Gasteiger partial charge on any atom is -0.462 e. The van der Waals surface area contributed by atoms with Crippen molar-refractivity contribution in [3.63, 3.8) is 0 Å². The Bertz CT molecular complexity index is 1070. The van der Waals surface area contributed by atoms with Crippen LogP contribution in [0.2, 0.25) is 0 Å². The first-order valence-electron chi connectivity index (χ1n) is 28.7. The number of hydrogen-bond donors (Lipinski definition) is 3. The molecule has 0 saturated carbocycles. The van der Waals surface area contributed by atoms with Gasteiger partial charge in [0.25, 0.3) is 0 Å². The molecule has 0 aliphatic rings. The van der Waals surface area contributed by atoms with Crippen LogP contribution in [0.1, 0.15) is 303 Å². The van der Waals surface area contributed by atoms with Crippen LogP contribution < -0.4 is 5.32 Å². The fraction of sp³-hybridized carbons (Fsp3) is 0.864. The molecule has 3 N–H and O–H groups in total. The third-order valence-electron chi connectivity index (χ3n) is 13.2. The highest BCUT2D eigenvalue weighted by molar-refractivity contribution is 5.77. The van der Waals surface area contributed by atoms with Crippen molar-refractivity contribution in [2.75, 3.05) is 6.61 Å². The predicted octanol–water partition coefficient (Wildman–Crippen LogP) is 17.6. The number of carbonyl (C=O) groups is 2. The second-order valence-electron chi connectivity index (χ2n) is 19.7. The van der Waals surface area contributed by atoms with Crippen LogP contribution in [-0.4, -0.2) is 46.9 Å². The van der Waals surface area contributed by atoms with E-state index in [0.717, 1.165) is 83.5 Å². The maximum atomic E-state index is 13.3. The molecule has 0 aromatic heterocycles. The highest BCUT2D eigenvalue weighted by Gasteiger charge is 2.24. The number of nitrogens with one attached hydrogen (secondary N) is 1. The SMILES string of the molecule is CCCCC/C=C\C/C=C\C/C=C\CCCCCCC(CC(=O)NC(CO)C(O)CCCCCCCCCCCCCC)OC(=O)CCCCCCCCCCCCCCCCCCC. The molecule has 0 aliphatic heterocycles. The van der Waals surface area contributed by atoms with E-state index < -0.39 is 18.2 Å². The van der Waals surface area contributed by atoms with Gasteiger partial charge in [-0.3, -0.25) is 9.59 Å². The number of esters is 1. The molecule has 382 valence electrons. The largest absolute Gasteiger partial charge is 0.462 e. The Hall–Kier alpha value is -1.92. The summed E-state index contributed by atoms with van der Waals surface area (Å²) in [6, 6.07) is -0.706. The van der Waals surface area contributed by atoms with E-state index in [4.69, 9.17) is 4.74 Å². The van der Waals surface area contributed by atoms with Crippen molar-refractivity contribution in [3.8, 4) is 0 Å². The van der Waals surface area contributed by atoms with E-state index >= 15 is 0 Å². The Morgan fingerprint density at radius 1 is 0.446 bits per heavy atom. The fourth-order valence-electron chi connectivity index (χ4n) is 8.85. The summed E-state index contributed by atoms with van der Waals surface area (Å²) in [5, 5.41) is 23.8. The zero-order chi connectivity index (χ0) is 47.4. The quantitative estimate of drug-likeness (QED) is 0.0321. The molecule has 0 heterocycles. The number of aliphatic hydroxyl groups is 2. The van der Waals surface area contributed by atoms with Gasteiger partial charge in [0.05, 0.1) is 25.2 Å². The van der Waals surface area contributed by atoms with E-state index in [1.165, 1.54) is 173 Å². The normalized spacial score (nSPS) is 13.4. The molecule has 0 rings (SSSR count). The number of unbranched alkanes of at least 4 members (excludes halogenated alkanes) is 34. The minimum absolute atomic E-state index is 0.0670. The number of amides is 1. The number of aliphatic hydroxyl groups excluding tert-OH is 2. The maximum absolute atomic E-state index is 13.3. The van der Waals surface area contributed by atoms with Gasteiger partial charge in [0.1, 0.15) is 6.10 Å². The Balaban J connectivity index is 4.58. The molecular formula is C59H111NO5. The van der Waals surface area contributed by atoms with Crippen LogP contribution in [0.5, 0.6) is 0 Å². The van der Waals surface area contributed by atoms with Crippen molar-refractivity contribution in [1.82, 2.24) is 5.32 Å². The van der Waals surface area contributed by atoms with Gasteiger partial charge >= 0.3 is 5.97 Å². The third-order valence-corrected chi connectivity index (χ3v) is 13.2. The summed E-state index contributed by atoms with van der Waals surface area (Å²) >= 11 is 0. The van der Waals surface area contributed by atoms with E-state index in [9.17, 15) is 19.8 Å². The predicted molar refractivity (Wildman–Crippen MR) is 282 cm³/mol. The molecule has 0 aromatic rings. The molecule has 0 aliphatic carbocycles. The number of hydrogen-bond acceptors (Lipinski definition) is 5. The summed E-state index contributed by atoms with van der Waals surface area (Å²) in [7, 11) is 0. The second kappa shape index (κ2) is 53.0. The zero-order valence-electron chi connectivity index (χ0n) is 43.6. The standard InChI is InChI=1S/C59H111NO5/c1-4-7-10-13-16-19-22-25-27-29-31-33-35-38-41-44-47-50-55(65-59(64)52-49-46-43-40-37-34-32-30-28-26-23-20-17-14-11-8-5-2)53-58(63)60-56(54-61)57(62)51-48-45-42-39-36-24-21-18-15-12-9-6-3/h16,19,25,27,31,33,55-57,61-62H,4-15,17-18,20-24,26,28-30,32,34-54H2,1-3H3,(H,60,63)/b19-16-,27-25-,33-31-. The van der Waals surface area contributed by atoms with Gasteiger partial charge in [-0.15, -0.1) is 0 Å². The maximum Gasteiger partial charge on any atom is 0.306 e. The molecule has 0 radical (unpaired) electrons. The molecule has 0 aromatic carbocycles. The molecule has 3 atom stereocenters. The summed E-state index contributed by atoms with van der Waals surface area (Å²) in [4.78, 5) is 26.3. The van der Waals surface area contributed by atoms with Crippen LogP contribution in [0.15, 0.2) is 36.5 Å². The molecule has 6 heteroatoms. The second-order valence-corrected chi connectivity index (χ2v) is 19.7. The van der Waals surface area contributed by atoms with E-state index in [1.807, 2.05) is 0 Å². The van der Waals surface area contributed by atoms with Crippen molar-refractivity contribution < 1.29 is 24.5 Å². The Morgan fingerprint density at radius 3 is 1.22 bits per heavy atom. The number of ether oxygens (including phenoxy) is 1. The van der Waals surface area contributed by atoms with Gasteiger partial charge in [0.2, 0.25) is 5.91 Å². The van der Waals surface area contributed by atoms with Crippen molar-refractivity contribution >= 4 is 11.9 Å². The lowest BCUT2D eigenvalue weighted by Crippen LogP contribution is -2.46. The molecule has 0 spiro atoms. The van der Waals surface area contributed by atoms with Crippen molar-refractivity contribution in [2.24, 2.45) is 0 Å². The first-order chi connectivity index (χ1) is 32.0. The van der Waals surface area contributed by atoms with Crippen molar-refractivity contribution in [1.29, 1.82) is 0 Å². The summed E-state index contributed by atoms with van der Waals surface area (Å²) < 4.78 is 5.96. The average molecular weight is 915 g/mol. The summed E-state index contributed by atoms with van der Waals surface area (Å²) in [6.45, 7) is 6.48. The van der Waals surface area contributed by atoms with Gasteiger partial charge < -0.3 is 20.3 Å². The first kappa shape index (κ1) is 63.1. The van der Waals surface area contributed by atoms with E-state index in [1.54, 1.807) is 0 Å². The number of rotatable bonds is 52. The molecule has 3 unspecified atom stereocenters. The molecular weight excluding hydrogens is 803 g/mol. The van der Waals surface area contributed by atoms with Crippen LogP contribution in [0.4, 0.5) is 0 Å². The third kappa shape index (κ3) is 48.3. The zero-order valence-corrected chi connectivity index (χ0v) is 43.6. The highest BCUT2D eigenvalue weighted by atomic mass is 16.5. The van der Waals surface area contributed by atoms with Gasteiger partial charge in [-0.25, -0.2) is 0 Å². The van der Waals surface area contributed by atoms with Crippen molar-refractivity contribution in [3.05, 3.63) is 36.5 Å². The summed E-state index contributed by atoms with van der Waals surface area (Å²) in [5.41, 5.74) is 0. The Labute approximate surface area is 404 Å². The lowest BCUT2D eigenvalue weighted by Gasteiger charge is -2.24. The van der Waals surface area contributed by atoms with Gasteiger partial charge in [0.15, 0.2) is 0 Å². The summed E-state index contributed by atoms with van der Waals surface area (Å²) in [6.07, 6.45) is 63.5. The van der Waals surface area contributed by atoms with Crippen molar-refractivity contribution in [2.45, 2.75) is 322 Å². The first-order valence-corrected chi connectivity index (χ1v) is 28.7. The van der Waals surface area contributed by atoms with E-state index in [0.29, 0.717) is 19.3 Å². The van der Waals surface area contributed by atoms with Crippen LogP contribution in [0.25, 0.3) is 0 Å². The topological polar surface area (TPSA) is 95.9 Å². The Morgan fingerprint density at radius 2 is 0.785 bits per heavy atom. The van der Waals surface area contributed by atoms with Crippen LogP contribution >= 0.6 is 0 Å². The molecule has 1 amide bonds. The number of carbonyl (C=O) groups excluding carboxylic acids is 2.